The lowest BCUT2D eigenvalue weighted by atomic mass is 9.99. The van der Waals surface area contributed by atoms with E-state index in [0.717, 1.165) is 36.1 Å². The summed E-state index contributed by atoms with van der Waals surface area (Å²) in [6.07, 6.45) is 2.35. The SMILES string of the molecule is Cc1ccc(NC(=O)Nc2cccc(-c3ccc(N4CCC(C)CC4)nn3)c2)cc1F. The maximum atomic E-state index is 13.7. The third-order valence-electron chi connectivity index (χ3n) is 5.60. The summed E-state index contributed by atoms with van der Waals surface area (Å²) in [4.78, 5) is 14.6. The van der Waals surface area contributed by atoms with Crippen molar-refractivity contribution in [1.82, 2.24) is 10.2 Å². The van der Waals surface area contributed by atoms with Crippen molar-refractivity contribution < 1.29 is 9.18 Å². The smallest absolute Gasteiger partial charge is 0.323 e. The minimum Gasteiger partial charge on any atom is -0.355 e. The molecule has 0 unspecified atom stereocenters. The van der Waals surface area contributed by atoms with Gasteiger partial charge in [-0.2, -0.15) is 0 Å². The van der Waals surface area contributed by atoms with Crippen LogP contribution in [0.1, 0.15) is 25.3 Å². The molecule has 31 heavy (non-hydrogen) atoms. The molecule has 6 nitrogen and oxygen atoms in total. The van der Waals surface area contributed by atoms with Crippen LogP contribution in [0.15, 0.2) is 54.6 Å². The molecule has 1 aliphatic rings. The second-order valence-electron chi connectivity index (χ2n) is 8.07. The third kappa shape index (κ3) is 5.17. The first-order valence-corrected chi connectivity index (χ1v) is 10.5. The normalized spacial score (nSPS) is 14.4. The van der Waals surface area contributed by atoms with Crippen molar-refractivity contribution in [2.75, 3.05) is 28.6 Å². The van der Waals surface area contributed by atoms with E-state index < -0.39 is 6.03 Å². The molecular weight excluding hydrogens is 393 g/mol. The van der Waals surface area contributed by atoms with Gasteiger partial charge in [-0.15, -0.1) is 10.2 Å². The van der Waals surface area contributed by atoms with Crippen LogP contribution in [0.2, 0.25) is 0 Å². The van der Waals surface area contributed by atoms with Gasteiger partial charge in [0.2, 0.25) is 0 Å². The molecule has 2 aromatic carbocycles. The predicted molar refractivity (Wildman–Crippen MR) is 122 cm³/mol. The van der Waals surface area contributed by atoms with E-state index in [1.165, 1.54) is 18.9 Å². The van der Waals surface area contributed by atoms with E-state index >= 15 is 0 Å². The van der Waals surface area contributed by atoms with E-state index in [1.807, 2.05) is 30.3 Å². The maximum Gasteiger partial charge on any atom is 0.323 e. The number of urea groups is 1. The Balaban J connectivity index is 1.41. The lowest BCUT2D eigenvalue weighted by Crippen LogP contribution is -2.33. The van der Waals surface area contributed by atoms with Crippen molar-refractivity contribution >= 4 is 23.2 Å². The number of anilines is 3. The first-order chi connectivity index (χ1) is 15.0. The lowest BCUT2D eigenvalue weighted by Gasteiger charge is -2.30. The Morgan fingerprint density at radius 1 is 1.00 bits per heavy atom. The molecular formula is C24H26FN5O. The molecule has 2 amide bonds. The van der Waals surface area contributed by atoms with E-state index in [2.05, 4.69) is 32.7 Å². The Labute approximate surface area is 181 Å². The molecule has 0 saturated carbocycles. The zero-order valence-electron chi connectivity index (χ0n) is 17.7. The number of amides is 2. The minimum atomic E-state index is -0.443. The zero-order chi connectivity index (χ0) is 21.8. The number of hydrogen-bond donors (Lipinski definition) is 2. The predicted octanol–water partition coefficient (Wildman–Crippen LogP) is 5.47. The summed E-state index contributed by atoms with van der Waals surface area (Å²) in [7, 11) is 0. The Hall–Kier alpha value is -3.48. The number of nitrogens with one attached hydrogen (secondary N) is 2. The number of aromatic nitrogens is 2. The molecule has 1 saturated heterocycles. The average molecular weight is 420 g/mol. The van der Waals surface area contributed by atoms with Crippen LogP contribution in [0.4, 0.5) is 26.4 Å². The molecule has 0 radical (unpaired) electrons. The Morgan fingerprint density at radius 2 is 1.74 bits per heavy atom. The Bertz CT molecular complexity index is 1060. The van der Waals surface area contributed by atoms with Crippen molar-refractivity contribution in [3.63, 3.8) is 0 Å². The number of benzene rings is 2. The molecule has 2 heterocycles. The molecule has 160 valence electrons. The molecule has 0 atom stereocenters. The molecule has 1 fully saturated rings. The lowest BCUT2D eigenvalue weighted by molar-refractivity contribution is 0.262. The molecule has 0 spiro atoms. The molecule has 4 rings (SSSR count). The quantitative estimate of drug-likeness (QED) is 0.588. The number of carbonyl (C=O) groups excluding carboxylic acids is 1. The van der Waals surface area contributed by atoms with Gasteiger partial charge in [-0.3, -0.25) is 0 Å². The summed E-state index contributed by atoms with van der Waals surface area (Å²) in [5.74, 6) is 1.30. The maximum absolute atomic E-state index is 13.7. The van der Waals surface area contributed by atoms with Crippen LogP contribution >= 0.6 is 0 Å². The van der Waals surface area contributed by atoms with Gasteiger partial charge in [0.05, 0.1) is 5.69 Å². The fourth-order valence-electron chi connectivity index (χ4n) is 3.61. The zero-order valence-corrected chi connectivity index (χ0v) is 17.7. The van der Waals surface area contributed by atoms with Crippen LogP contribution in [0, 0.1) is 18.7 Å². The van der Waals surface area contributed by atoms with Crippen molar-refractivity contribution in [2.24, 2.45) is 5.92 Å². The fraction of sp³-hybridized carbons (Fsp3) is 0.292. The van der Waals surface area contributed by atoms with Gasteiger partial charge >= 0.3 is 6.03 Å². The van der Waals surface area contributed by atoms with Crippen LogP contribution in [0.25, 0.3) is 11.3 Å². The van der Waals surface area contributed by atoms with Gasteiger partial charge in [0.1, 0.15) is 5.82 Å². The topological polar surface area (TPSA) is 70.2 Å². The van der Waals surface area contributed by atoms with Gasteiger partial charge in [0.25, 0.3) is 0 Å². The van der Waals surface area contributed by atoms with Crippen molar-refractivity contribution in [2.45, 2.75) is 26.7 Å². The highest BCUT2D eigenvalue weighted by Gasteiger charge is 2.17. The van der Waals surface area contributed by atoms with Gasteiger partial charge in [0.15, 0.2) is 5.82 Å². The van der Waals surface area contributed by atoms with Crippen molar-refractivity contribution in [3.8, 4) is 11.3 Å². The highest BCUT2D eigenvalue weighted by Crippen LogP contribution is 2.24. The van der Waals surface area contributed by atoms with Gasteiger partial charge in [-0.1, -0.05) is 25.1 Å². The monoisotopic (exact) mass is 419 g/mol. The van der Waals surface area contributed by atoms with Gasteiger partial charge < -0.3 is 15.5 Å². The highest BCUT2D eigenvalue weighted by molar-refractivity contribution is 6.00. The molecule has 2 N–H and O–H groups in total. The number of rotatable bonds is 4. The third-order valence-corrected chi connectivity index (χ3v) is 5.60. The van der Waals surface area contributed by atoms with E-state index in [-0.39, 0.29) is 5.82 Å². The largest absolute Gasteiger partial charge is 0.355 e. The highest BCUT2D eigenvalue weighted by atomic mass is 19.1. The average Bonchev–Trinajstić information content (AvgIpc) is 2.77. The summed E-state index contributed by atoms with van der Waals surface area (Å²) in [5.41, 5.74) is 3.12. The number of nitrogens with zero attached hydrogens (tertiary/aromatic N) is 3. The van der Waals surface area contributed by atoms with Crippen molar-refractivity contribution in [1.29, 1.82) is 0 Å². The molecule has 0 bridgehead atoms. The summed E-state index contributed by atoms with van der Waals surface area (Å²) in [6.45, 7) is 5.97. The summed E-state index contributed by atoms with van der Waals surface area (Å²) in [6, 6.07) is 15.5. The number of aryl methyl sites for hydroxylation is 1. The van der Waals surface area contributed by atoms with E-state index in [9.17, 15) is 9.18 Å². The summed E-state index contributed by atoms with van der Waals surface area (Å²) >= 11 is 0. The van der Waals surface area contributed by atoms with Gasteiger partial charge in [-0.05, 0) is 67.6 Å². The number of hydrogen-bond acceptors (Lipinski definition) is 4. The second-order valence-corrected chi connectivity index (χ2v) is 8.07. The van der Waals surface area contributed by atoms with E-state index in [4.69, 9.17) is 0 Å². The molecule has 1 aliphatic heterocycles. The van der Waals surface area contributed by atoms with Crippen LogP contribution in [0.5, 0.6) is 0 Å². The van der Waals surface area contributed by atoms with E-state index in [1.54, 1.807) is 25.1 Å². The number of piperidine rings is 1. The van der Waals surface area contributed by atoms with Crippen LogP contribution in [-0.2, 0) is 0 Å². The van der Waals surface area contributed by atoms with Crippen molar-refractivity contribution in [3.05, 3.63) is 66.0 Å². The van der Waals surface area contributed by atoms with Crippen LogP contribution in [0.3, 0.4) is 0 Å². The number of carbonyl (C=O) groups is 1. The second kappa shape index (κ2) is 9.12. The number of halogens is 1. The van der Waals surface area contributed by atoms with Crippen LogP contribution in [-0.4, -0.2) is 29.3 Å². The first-order valence-electron chi connectivity index (χ1n) is 10.5. The summed E-state index contributed by atoms with van der Waals surface area (Å²) in [5, 5.41) is 14.2. The summed E-state index contributed by atoms with van der Waals surface area (Å²) < 4.78 is 13.7. The molecule has 3 aromatic rings. The Kier molecular flexibility index (Phi) is 6.11. The molecule has 0 aliphatic carbocycles. The van der Waals surface area contributed by atoms with Gasteiger partial charge in [0, 0.05) is 30.0 Å². The van der Waals surface area contributed by atoms with Crippen LogP contribution < -0.4 is 15.5 Å². The minimum absolute atomic E-state index is 0.360. The standard InChI is InChI=1S/C24H26FN5O/c1-16-10-12-30(13-11-16)23-9-8-22(28-29-23)18-4-3-5-19(14-18)26-24(31)27-20-7-6-17(2)21(25)15-20/h3-9,14-16H,10-13H2,1-2H3,(H2,26,27,31). The fourth-order valence-corrected chi connectivity index (χ4v) is 3.61. The first kappa shape index (κ1) is 20.8. The molecule has 1 aromatic heterocycles. The van der Waals surface area contributed by atoms with E-state index in [0.29, 0.717) is 16.9 Å². The van der Waals surface area contributed by atoms with Gasteiger partial charge in [-0.25, -0.2) is 9.18 Å². The molecule has 7 heteroatoms. The Morgan fingerprint density at radius 3 is 2.42 bits per heavy atom.